The third-order valence-electron chi connectivity index (χ3n) is 4.34. The fourth-order valence-electron chi connectivity index (χ4n) is 3.23. The van der Waals surface area contributed by atoms with Crippen LogP contribution in [0.1, 0.15) is 39.0 Å². The van der Waals surface area contributed by atoms with Crippen LogP contribution in [0.15, 0.2) is 0 Å². The van der Waals surface area contributed by atoms with Crippen LogP contribution in [-0.2, 0) is 0 Å². The Morgan fingerprint density at radius 1 is 1.19 bits per heavy atom. The zero-order valence-electron chi connectivity index (χ0n) is 10.9. The van der Waals surface area contributed by atoms with Crippen molar-refractivity contribution in [3.63, 3.8) is 0 Å². The van der Waals surface area contributed by atoms with Crippen molar-refractivity contribution < 1.29 is 0 Å². The summed E-state index contributed by atoms with van der Waals surface area (Å²) in [6, 6.07) is 0.668. The summed E-state index contributed by atoms with van der Waals surface area (Å²) < 4.78 is 0. The second-order valence-electron chi connectivity index (χ2n) is 6.00. The minimum Gasteiger partial charge on any atom is -0.324 e. The highest BCUT2D eigenvalue weighted by atomic mass is 15.3. The molecule has 0 radical (unpaired) electrons. The number of likely N-dealkylation sites (N-methyl/N-ethyl adjacent to an activating group) is 1. The number of hydrogen-bond acceptors (Lipinski definition) is 3. The molecule has 0 bridgehead atoms. The normalized spacial score (nSPS) is 32.8. The maximum atomic E-state index is 6.53. The summed E-state index contributed by atoms with van der Waals surface area (Å²) in [6.07, 6.45) is 6.51. The molecular formula is C13H27N3. The van der Waals surface area contributed by atoms with Crippen LogP contribution in [0.5, 0.6) is 0 Å². The second-order valence-corrected chi connectivity index (χ2v) is 6.00. The van der Waals surface area contributed by atoms with E-state index in [-0.39, 0.29) is 5.54 Å². The summed E-state index contributed by atoms with van der Waals surface area (Å²) >= 11 is 0. The van der Waals surface area contributed by atoms with Gasteiger partial charge in [-0.05, 0) is 26.8 Å². The van der Waals surface area contributed by atoms with Gasteiger partial charge in [-0.25, -0.2) is 0 Å². The Morgan fingerprint density at radius 2 is 1.88 bits per heavy atom. The van der Waals surface area contributed by atoms with Crippen LogP contribution in [0.25, 0.3) is 0 Å². The van der Waals surface area contributed by atoms with Crippen molar-refractivity contribution in [3.05, 3.63) is 0 Å². The summed E-state index contributed by atoms with van der Waals surface area (Å²) in [5, 5.41) is 0. The average molecular weight is 225 g/mol. The van der Waals surface area contributed by atoms with E-state index in [4.69, 9.17) is 5.73 Å². The van der Waals surface area contributed by atoms with Crippen molar-refractivity contribution in [1.82, 2.24) is 9.80 Å². The first-order valence-electron chi connectivity index (χ1n) is 6.81. The van der Waals surface area contributed by atoms with E-state index in [0.29, 0.717) is 6.04 Å². The van der Waals surface area contributed by atoms with E-state index in [2.05, 4.69) is 23.8 Å². The Hall–Kier alpha value is -0.120. The predicted octanol–water partition coefficient (Wildman–Crippen LogP) is 1.28. The van der Waals surface area contributed by atoms with Gasteiger partial charge in [0.25, 0.3) is 0 Å². The van der Waals surface area contributed by atoms with Gasteiger partial charge in [-0.15, -0.1) is 0 Å². The first-order chi connectivity index (χ1) is 7.59. The Bertz CT molecular complexity index is 223. The van der Waals surface area contributed by atoms with E-state index in [1.807, 2.05) is 0 Å². The molecule has 2 N–H and O–H groups in total. The summed E-state index contributed by atoms with van der Waals surface area (Å²) in [5.74, 6) is 0. The highest BCUT2D eigenvalue weighted by molar-refractivity contribution is 4.92. The van der Waals surface area contributed by atoms with E-state index in [1.165, 1.54) is 51.7 Å². The molecule has 2 aliphatic rings. The van der Waals surface area contributed by atoms with Gasteiger partial charge in [0.05, 0.1) is 0 Å². The van der Waals surface area contributed by atoms with E-state index in [0.717, 1.165) is 6.54 Å². The molecule has 3 nitrogen and oxygen atoms in total. The number of rotatable bonds is 2. The van der Waals surface area contributed by atoms with E-state index < -0.39 is 0 Å². The quantitative estimate of drug-likeness (QED) is 0.768. The van der Waals surface area contributed by atoms with Crippen molar-refractivity contribution in [2.75, 3.05) is 33.2 Å². The average Bonchev–Trinajstić information content (AvgIpc) is 2.23. The predicted molar refractivity (Wildman–Crippen MR) is 68.5 cm³/mol. The Labute approximate surface area is 100.0 Å². The van der Waals surface area contributed by atoms with Crippen molar-refractivity contribution in [2.24, 2.45) is 5.73 Å². The lowest BCUT2D eigenvalue weighted by Gasteiger charge is -2.44. The molecule has 2 rings (SSSR count). The number of hydrogen-bond donors (Lipinski definition) is 1. The van der Waals surface area contributed by atoms with Crippen LogP contribution in [0.3, 0.4) is 0 Å². The van der Waals surface area contributed by atoms with Crippen LogP contribution in [0.4, 0.5) is 0 Å². The molecule has 0 aromatic rings. The first-order valence-corrected chi connectivity index (χ1v) is 6.81. The molecule has 16 heavy (non-hydrogen) atoms. The van der Waals surface area contributed by atoms with Crippen molar-refractivity contribution in [1.29, 1.82) is 0 Å². The maximum absolute atomic E-state index is 6.53. The van der Waals surface area contributed by atoms with Crippen molar-refractivity contribution in [3.8, 4) is 0 Å². The molecule has 1 heterocycles. The fourth-order valence-corrected chi connectivity index (χ4v) is 3.23. The van der Waals surface area contributed by atoms with Gasteiger partial charge >= 0.3 is 0 Å². The molecule has 0 aromatic carbocycles. The molecule has 1 saturated heterocycles. The molecule has 0 aromatic heterocycles. The van der Waals surface area contributed by atoms with Gasteiger partial charge in [0, 0.05) is 37.8 Å². The lowest BCUT2D eigenvalue weighted by molar-refractivity contribution is 0.0684. The van der Waals surface area contributed by atoms with Gasteiger partial charge in [-0.3, -0.25) is 4.90 Å². The molecule has 1 atom stereocenters. The minimum absolute atomic E-state index is 0.114. The van der Waals surface area contributed by atoms with Crippen LogP contribution in [-0.4, -0.2) is 54.6 Å². The number of nitrogens with two attached hydrogens (primary N) is 1. The monoisotopic (exact) mass is 225 g/mol. The van der Waals surface area contributed by atoms with Gasteiger partial charge in [0.1, 0.15) is 0 Å². The minimum atomic E-state index is 0.114. The standard InChI is InChI=1S/C13H27N3/c1-12-10-15(2)8-9-16(12)11-13(14)6-4-3-5-7-13/h12H,3-11,14H2,1-2H3. The van der Waals surface area contributed by atoms with Crippen LogP contribution in [0.2, 0.25) is 0 Å². The highest BCUT2D eigenvalue weighted by Crippen LogP contribution is 2.27. The number of nitrogens with zero attached hydrogens (tertiary/aromatic N) is 2. The number of piperazine rings is 1. The third-order valence-corrected chi connectivity index (χ3v) is 4.34. The largest absolute Gasteiger partial charge is 0.324 e. The van der Waals surface area contributed by atoms with Gasteiger partial charge in [0.15, 0.2) is 0 Å². The molecule has 3 heteroatoms. The highest BCUT2D eigenvalue weighted by Gasteiger charge is 2.32. The smallest absolute Gasteiger partial charge is 0.0283 e. The summed E-state index contributed by atoms with van der Waals surface area (Å²) in [4.78, 5) is 5.02. The van der Waals surface area contributed by atoms with E-state index >= 15 is 0 Å². The summed E-state index contributed by atoms with van der Waals surface area (Å²) in [5.41, 5.74) is 6.65. The molecule has 0 amide bonds. The van der Waals surface area contributed by atoms with Crippen LogP contribution >= 0.6 is 0 Å². The van der Waals surface area contributed by atoms with Crippen LogP contribution in [0, 0.1) is 0 Å². The lowest BCUT2D eigenvalue weighted by atomic mass is 9.82. The molecule has 94 valence electrons. The molecule has 0 spiro atoms. The molecule has 1 aliphatic heterocycles. The fraction of sp³-hybridized carbons (Fsp3) is 1.00. The summed E-state index contributed by atoms with van der Waals surface area (Å²) in [7, 11) is 2.21. The van der Waals surface area contributed by atoms with Gasteiger partial charge < -0.3 is 10.6 Å². The van der Waals surface area contributed by atoms with Crippen molar-refractivity contribution >= 4 is 0 Å². The first kappa shape index (κ1) is 12.3. The second kappa shape index (κ2) is 5.03. The zero-order valence-corrected chi connectivity index (χ0v) is 10.9. The Morgan fingerprint density at radius 3 is 2.50 bits per heavy atom. The SMILES string of the molecule is CC1CN(C)CCN1CC1(N)CCCCC1. The molecule has 1 unspecified atom stereocenters. The van der Waals surface area contributed by atoms with Crippen molar-refractivity contribution in [2.45, 2.75) is 50.6 Å². The topological polar surface area (TPSA) is 32.5 Å². The molecular weight excluding hydrogens is 198 g/mol. The van der Waals surface area contributed by atoms with E-state index in [9.17, 15) is 0 Å². The zero-order chi connectivity index (χ0) is 11.6. The van der Waals surface area contributed by atoms with Gasteiger partial charge in [0.2, 0.25) is 0 Å². The van der Waals surface area contributed by atoms with Crippen LogP contribution < -0.4 is 5.73 Å². The lowest BCUT2D eigenvalue weighted by Crippen LogP contribution is -2.58. The Kier molecular flexibility index (Phi) is 3.88. The third kappa shape index (κ3) is 2.96. The molecule has 1 aliphatic carbocycles. The molecule has 1 saturated carbocycles. The van der Waals surface area contributed by atoms with Gasteiger partial charge in [-0.2, -0.15) is 0 Å². The Balaban J connectivity index is 1.88. The maximum Gasteiger partial charge on any atom is 0.0283 e. The summed E-state index contributed by atoms with van der Waals surface area (Å²) in [6.45, 7) is 7.02. The van der Waals surface area contributed by atoms with E-state index in [1.54, 1.807) is 0 Å². The molecule has 2 fully saturated rings. The van der Waals surface area contributed by atoms with Gasteiger partial charge in [-0.1, -0.05) is 19.3 Å².